The Morgan fingerprint density at radius 1 is 1.06 bits per heavy atom. The predicted octanol–water partition coefficient (Wildman–Crippen LogP) is 1.92. The van der Waals surface area contributed by atoms with Gasteiger partial charge in [-0.3, -0.25) is 4.79 Å². The lowest BCUT2D eigenvalue weighted by Crippen LogP contribution is -2.42. The molecule has 1 amide bonds. The quantitative estimate of drug-likeness (QED) is 0.635. The summed E-state index contributed by atoms with van der Waals surface area (Å²) in [5, 5.41) is 4.50. The number of aromatic nitrogens is 2. The third-order valence-electron chi connectivity index (χ3n) is 6.19. The van der Waals surface area contributed by atoms with Gasteiger partial charge in [-0.1, -0.05) is 0 Å². The molecule has 0 atom stereocenters. The highest BCUT2D eigenvalue weighted by Gasteiger charge is 2.25. The minimum Gasteiger partial charge on any atom is -0.493 e. The summed E-state index contributed by atoms with van der Waals surface area (Å²) in [4.78, 5) is 26.1. The van der Waals surface area contributed by atoms with Crippen molar-refractivity contribution in [3.8, 4) is 11.5 Å². The molecule has 2 aromatic rings. The first kappa shape index (κ1) is 23.3. The van der Waals surface area contributed by atoms with Crippen LogP contribution in [0.15, 0.2) is 12.1 Å². The van der Waals surface area contributed by atoms with Crippen molar-refractivity contribution in [2.45, 2.75) is 25.3 Å². The van der Waals surface area contributed by atoms with Crippen LogP contribution in [0.3, 0.4) is 0 Å². The topological polar surface area (TPSA) is 98.3 Å². The standard InChI is InChI=1S/C23H33N5O5/c1-30-11-6-21(29)27-7-4-16(5-8-27)24-22-17-14-19(31-2)20(32-3)15-18(17)25-23(26-22)28-9-12-33-13-10-28/h14-16H,4-13H2,1-3H3,(H,24,25,26). The monoisotopic (exact) mass is 459 g/mol. The number of likely N-dealkylation sites (tertiary alicyclic amines) is 1. The van der Waals surface area contributed by atoms with Crippen LogP contribution in [0.1, 0.15) is 19.3 Å². The highest BCUT2D eigenvalue weighted by atomic mass is 16.5. The van der Waals surface area contributed by atoms with Gasteiger partial charge in [-0.25, -0.2) is 4.98 Å². The first-order valence-corrected chi connectivity index (χ1v) is 11.4. The van der Waals surface area contributed by atoms with Gasteiger partial charge in [0.15, 0.2) is 11.5 Å². The smallest absolute Gasteiger partial charge is 0.228 e. The zero-order chi connectivity index (χ0) is 23.2. The molecule has 0 aliphatic carbocycles. The van der Waals surface area contributed by atoms with Crippen molar-refractivity contribution in [2.75, 3.05) is 77.5 Å². The fourth-order valence-electron chi connectivity index (χ4n) is 4.27. The number of amides is 1. The van der Waals surface area contributed by atoms with Crippen molar-refractivity contribution in [1.29, 1.82) is 0 Å². The van der Waals surface area contributed by atoms with E-state index < -0.39 is 0 Å². The Kier molecular flexibility index (Phi) is 7.66. The Labute approximate surface area is 194 Å². The van der Waals surface area contributed by atoms with Crippen LogP contribution in [0.5, 0.6) is 11.5 Å². The maximum atomic E-state index is 12.3. The Bertz CT molecular complexity index is 958. The number of benzene rings is 1. The van der Waals surface area contributed by atoms with Crippen molar-refractivity contribution < 1.29 is 23.7 Å². The number of anilines is 2. The van der Waals surface area contributed by atoms with Gasteiger partial charge in [-0.05, 0) is 18.9 Å². The zero-order valence-corrected chi connectivity index (χ0v) is 19.6. The number of piperidine rings is 1. The molecule has 1 N–H and O–H groups in total. The molecule has 2 aliphatic heterocycles. The summed E-state index contributed by atoms with van der Waals surface area (Å²) in [6, 6.07) is 4.02. The fraction of sp³-hybridized carbons (Fsp3) is 0.609. The largest absolute Gasteiger partial charge is 0.493 e. The van der Waals surface area contributed by atoms with Crippen molar-refractivity contribution in [2.24, 2.45) is 0 Å². The molecule has 0 bridgehead atoms. The average Bonchev–Trinajstić information content (AvgIpc) is 2.87. The minimum absolute atomic E-state index is 0.147. The molecular formula is C23H33N5O5. The van der Waals surface area contributed by atoms with Crippen LogP contribution >= 0.6 is 0 Å². The van der Waals surface area contributed by atoms with Crippen LogP contribution in [-0.4, -0.2) is 94.1 Å². The van der Waals surface area contributed by atoms with Gasteiger partial charge in [-0.2, -0.15) is 4.98 Å². The van der Waals surface area contributed by atoms with E-state index in [4.69, 9.17) is 28.9 Å². The maximum Gasteiger partial charge on any atom is 0.228 e. The normalized spacial score (nSPS) is 17.3. The van der Waals surface area contributed by atoms with Gasteiger partial charge in [0, 0.05) is 50.8 Å². The predicted molar refractivity (Wildman–Crippen MR) is 125 cm³/mol. The van der Waals surface area contributed by atoms with Crippen LogP contribution < -0.4 is 19.7 Å². The number of nitrogens with zero attached hydrogens (tertiary/aromatic N) is 4. The molecule has 0 spiro atoms. The molecule has 2 fully saturated rings. The van der Waals surface area contributed by atoms with E-state index in [9.17, 15) is 4.79 Å². The summed E-state index contributed by atoms with van der Waals surface area (Å²) in [7, 11) is 4.86. The van der Waals surface area contributed by atoms with E-state index in [1.807, 2.05) is 17.0 Å². The van der Waals surface area contributed by atoms with Crippen LogP contribution in [0, 0.1) is 0 Å². The molecule has 1 aromatic carbocycles. The van der Waals surface area contributed by atoms with Gasteiger partial charge in [0.25, 0.3) is 0 Å². The van der Waals surface area contributed by atoms with E-state index in [0.29, 0.717) is 43.7 Å². The van der Waals surface area contributed by atoms with Crippen LogP contribution in [0.4, 0.5) is 11.8 Å². The van der Waals surface area contributed by atoms with E-state index >= 15 is 0 Å². The molecule has 1 aromatic heterocycles. The lowest BCUT2D eigenvalue weighted by Gasteiger charge is -2.33. The van der Waals surface area contributed by atoms with Crippen molar-refractivity contribution >= 4 is 28.6 Å². The van der Waals surface area contributed by atoms with Crippen molar-refractivity contribution in [3.05, 3.63) is 12.1 Å². The molecular weight excluding hydrogens is 426 g/mol. The van der Waals surface area contributed by atoms with Gasteiger partial charge < -0.3 is 34.1 Å². The summed E-state index contributed by atoms with van der Waals surface area (Å²) >= 11 is 0. The molecule has 10 nitrogen and oxygen atoms in total. The van der Waals surface area contributed by atoms with Gasteiger partial charge in [-0.15, -0.1) is 0 Å². The molecule has 10 heteroatoms. The van der Waals surface area contributed by atoms with E-state index in [1.54, 1.807) is 21.3 Å². The number of fused-ring (bicyclic) bond motifs is 1. The van der Waals surface area contributed by atoms with E-state index in [-0.39, 0.29) is 11.9 Å². The molecule has 0 saturated carbocycles. The Morgan fingerprint density at radius 2 is 1.76 bits per heavy atom. The van der Waals surface area contributed by atoms with Crippen LogP contribution in [0.2, 0.25) is 0 Å². The molecule has 0 radical (unpaired) electrons. The maximum absolute atomic E-state index is 12.3. The van der Waals surface area contributed by atoms with Gasteiger partial charge in [0.2, 0.25) is 11.9 Å². The minimum atomic E-state index is 0.147. The van der Waals surface area contributed by atoms with E-state index in [1.165, 1.54) is 0 Å². The summed E-state index contributed by atoms with van der Waals surface area (Å²) < 4.78 is 21.5. The first-order valence-electron chi connectivity index (χ1n) is 11.4. The highest BCUT2D eigenvalue weighted by molar-refractivity contribution is 5.93. The van der Waals surface area contributed by atoms with Gasteiger partial charge in [0.1, 0.15) is 5.82 Å². The Morgan fingerprint density at radius 3 is 2.42 bits per heavy atom. The molecule has 2 saturated heterocycles. The van der Waals surface area contributed by atoms with Gasteiger partial charge in [0.05, 0.1) is 46.0 Å². The Balaban J connectivity index is 1.58. The summed E-state index contributed by atoms with van der Waals surface area (Å²) in [5.41, 5.74) is 0.791. The number of nitrogens with one attached hydrogen (secondary N) is 1. The highest BCUT2D eigenvalue weighted by Crippen LogP contribution is 2.35. The lowest BCUT2D eigenvalue weighted by atomic mass is 10.0. The number of methoxy groups -OCH3 is 3. The fourth-order valence-corrected chi connectivity index (χ4v) is 4.27. The first-order chi connectivity index (χ1) is 16.1. The molecule has 33 heavy (non-hydrogen) atoms. The lowest BCUT2D eigenvalue weighted by molar-refractivity contribution is -0.133. The van der Waals surface area contributed by atoms with Crippen molar-refractivity contribution in [1.82, 2.24) is 14.9 Å². The average molecular weight is 460 g/mol. The summed E-state index contributed by atoms with van der Waals surface area (Å²) in [6.45, 7) is 4.71. The number of carbonyl (C=O) groups is 1. The van der Waals surface area contributed by atoms with E-state index in [2.05, 4.69) is 10.2 Å². The van der Waals surface area contributed by atoms with Crippen LogP contribution in [0.25, 0.3) is 10.9 Å². The van der Waals surface area contributed by atoms with Crippen molar-refractivity contribution in [3.63, 3.8) is 0 Å². The van der Waals surface area contributed by atoms with Gasteiger partial charge >= 0.3 is 0 Å². The molecule has 4 rings (SSSR count). The summed E-state index contributed by atoms with van der Waals surface area (Å²) in [5.74, 6) is 2.85. The molecule has 0 unspecified atom stereocenters. The Hall–Kier alpha value is -2.85. The van der Waals surface area contributed by atoms with Crippen LogP contribution in [-0.2, 0) is 14.3 Å². The molecule has 3 heterocycles. The second-order valence-electron chi connectivity index (χ2n) is 8.24. The molecule has 180 valence electrons. The third kappa shape index (κ3) is 5.39. The number of carbonyl (C=O) groups excluding carboxylic acids is 1. The number of rotatable bonds is 8. The SMILES string of the molecule is COCCC(=O)N1CCC(Nc2nc(N3CCOCC3)nc3cc(OC)c(OC)cc23)CC1. The zero-order valence-electron chi connectivity index (χ0n) is 19.6. The number of hydrogen-bond donors (Lipinski definition) is 1. The second-order valence-corrected chi connectivity index (χ2v) is 8.24. The van der Waals surface area contributed by atoms with E-state index in [0.717, 1.165) is 55.7 Å². The molecule has 2 aliphatic rings. The number of ether oxygens (including phenoxy) is 4. The number of hydrogen-bond acceptors (Lipinski definition) is 9. The second kappa shape index (κ2) is 10.8. The summed E-state index contributed by atoms with van der Waals surface area (Å²) in [6.07, 6.45) is 2.13. The number of morpholine rings is 1. The third-order valence-corrected chi connectivity index (χ3v) is 6.19.